The lowest BCUT2D eigenvalue weighted by Crippen LogP contribution is -2.44. The molecule has 106 valence electrons. The van der Waals surface area contributed by atoms with Gasteiger partial charge in [0.2, 0.25) is 5.91 Å². The van der Waals surface area contributed by atoms with Crippen LogP contribution < -0.4 is 0 Å². The van der Waals surface area contributed by atoms with E-state index in [1.807, 2.05) is 25.1 Å². The number of allylic oxidation sites excluding steroid dienone is 1. The quantitative estimate of drug-likeness (QED) is 0.624. The number of amides is 2. The Morgan fingerprint density at radius 2 is 2.05 bits per heavy atom. The summed E-state index contributed by atoms with van der Waals surface area (Å²) in [5.74, 6) is -0.253. The minimum Gasteiger partial charge on any atom is -0.278 e. The summed E-state index contributed by atoms with van der Waals surface area (Å²) in [6.07, 6.45) is 5.04. The fourth-order valence-corrected chi connectivity index (χ4v) is 2.76. The topological polar surface area (TPSA) is 37.4 Å². The van der Waals surface area contributed by atoms with Gasteiger partial charge in [-0.2, -0.15) is 0 Å². The third kappa shape index (κ3) is 2.82. The Balaban J connectivity index is 2.28. The van der Waals surface area contributed by atoms with Crippen molar-refractivity contribution in [2.24, 2.45) is 5.41 Å². The zero-order chi connectivity index (χ0) is 14.6. The fourth-order valence-electron chi connectivity index (χ4n) is 2.76. The van der Waals surface area contributed by atoms with Crippen LogP contribution in [0, 0.1) is 5.41 Å². The van der Waals surface area contributed by atoms with Gasteiger partial charge in [-0.3, -0.25) is 14.5 Å². The number of imide groups is 1. The van der Waals surface area contributed by atoms with Gasteiger partial charge >= 0.3 is 0 Å². The number of carbonyl (C=O) groups excluding carboxylic acids is 2. The Hall–Kier alpha value is -1.90. The van der Waals surface area contributed by atoms with Gasteiger partial charge in [0.1, 0.15) is 0 Å². The van der Waals surface area contributed by atoms with Gasteiger partial charge in [-0.05, 0) is 31.4 Å². The molecule has 1 fully saturated rings. The predicted octanol–water partition coefficient (Wildman–Crippen LogP) is 3.42. The van der Waals surface area contributed by atoms with Crippen LogP contribution in [0.2, 0.25) is 0 Å². The molecule has 3 heteroatoms. The average Bonchev–Trinajstić information content (AvgIpc) is 2.60. The van der Waals surface area contributed by atoms with Gasteiger partial charge in [0.15, 0.2) is 0 Å². The molecule has 1 atom stereocenters. The minimum atomic E-state index is -0.497. The van der Waals surface area contributed by atoms with Crippen LogP contribution in [0.3, 0.4) is 0 Å². The number of carbonyl (C=O) groups is 2. The lowest BCUT2D eigenvalue weighted by Gasteiger charge is -2.30. The number of nitrogens with zero attached hydrogens (tertiary/aromatic N) is 1. The van der Waals surface area contributed by atoms with Crippen molar-refractivity contribution in [1.82, 2.24) is 4.90 Å². The average molecular weight is 271 g/mol. The predicted molar refractivity (Wildman–Crippen MR) is 79.3 cm³/mol. The van der Waals surface area contributed by atoms with Crippen LogP contribution in [0.5, 0.6) is 0 Å². The molecule has 0 unspecified atom stereocenters. The Bertz CT molecular complexity index is 509. The summed E-state index contributed by atoms with van der Waals surface area (Å²) >= 11 is 0. The highest BCUT2D eigenvalue weighted by Gasteiger charge is 2.39. The monoisotopic (exact) mass is 271 g/mol. The Morgan fingerprint density at radius 3 is 2.70 bits per heavy atom. The molecule has 3 nitrogen and oxygen atoms in total. The van der Waals surface area contributed by atoms with Crippen molar-refractivity contribution in [3.8, 4) is 0 Å². The van der Waals surface area contributed by atoms with E-state index in [0.29, 0.717) is 18.5 Å². The zero-order valence-corrected chi connectivity index (χ0v) is 12.0. The maximum Gasteiger partial charge on any atom is 0.260 e. The number of hydrogen-bond donors (Lipinski definition) is 0. The zero-order valence-electron chi connectivity index (χ0n) is 12.0. The smallest absolute Gasteiger partial charge is 0.260 e. The molecule has 0 aliphatic carbocycles. The maximum atomic E-state index is 12.7. The molecule has 0 N–H and O–H groups in total. The molecule has 0 aromatic heterocycles. The van der Waals surface area contributed by atoms with E-state index in [4.69, 9.17) is 0 Å². The first kappa shape index (κ1) is 14.5. The van der Waals surface area contributed by atoms with Crippen molar-refractivity contribution < 1.29 is 9.59 Å². The summed E-state index contributed by atoms with van der Waals surface area (Å²) < 4.78 is 0. The van der Waals surface area contributed by atoms with Crippen molar-refractivity contribution in [2.75, 3.05) is 6.54 Å². The highest BCUT2D eigenvalue weighted by atomic mass is 16.2. The molecule has 1 saturated heterocycles. The summed E-state index contributed by atoms with van der Waals surface area (Å²) in [6.45, 7) is 6.19. The largest absolute Gasteiger partial charge is 0.278 e. The van der Waals surface area contributed by atoms with Crippen molar-refractivity contribution >= 4 is 11.8 Å². The maximum absolute atomic E-state index is 12.7. The molecule has 1 aliphatic rings. The normalized spacial score (nSPS) is 23.2. The molecule has 0 saturated carbocycles. The Labute approximate surface area is 120 Å². The van der Waals surface area contributed by atoms with Crippen molar-refractivity contribution in [3.05, 3.63) is 48.6 Å². The molecule has 1 aromatic rings. The van der Waals surface area contributed by atoms with Gasteiger partial charge in [-0.15, -0.1) is 6.58 Å². The van der Waals surface area contributed by atoms with Crippen LogP contribution in [0.25, 0.3) is 0 Å². The van der Waals surface area contributed by atoms with E-state index in [0.717, 1.165) is 19.3 Å². The molecule has 2 rings (SSSR count). The Kier molecular flexibility index (Phi) is 4.38. The summed E-state index contributed by atoms with van der Waals surface area (Å²) in [4.78, 5) is 26.7. The van der Waals surface area contributed by atoms with E-state index in [1.165, 1.54) is 4.90 Å². The van der Waals surface area contributed by atoms with Gasteiger partial charge in [0, 0.05) is 12.1 Å². The van der Waals surface area contributed by atoms with Crippen molar-refractivity contribution in [1.29, 1.82) is 0 Å². The van der Waals surface area contributed by atoms with E-state index < -0.39 is 5.41 Å². The molecule has 1 heterocycles. The molecule has 0 bridgehead atoms. The van der Waals surface area contributed by atoms with Crippen LogP contribution in [-0.4, -0.2) is 23.3 Å². The van der Waals surface area contributed by atoms with Gasteiger partial charge in [-0.1, -0.05) is 37.6 Å². The summed E-state index contributed by atoms with van der Waals surface area (Å²) in [6, 6.07) is 9.01. The molecule has 20 heavy (non-hydrogen) atoms. The SMILES string of the molecule is C=CC[C@]1(C)CCCCN(C(=O)c2ccccc2)C1=O. The van der Waals surface area contributed by atoms with Gasteiger partial charge in [-0.25, -0.2) is 0 Å². The van der Waals surface area contributed by atoms with Gasteiger partial charge < -0.3 is 0 Å². The minimum absolute atomic E-state index is 0.0660. The van der Waals surface area contributed by atoms with Crippen LogP contribution in [0.15, 0.2) is 43.0 Å². The van der Waals surface area contributed by atoms with E-state index in [9.17, 15) is 9.59 Å². The lowest BCUT2D eigenvalue weighted by atomic mass is 9.81. The highest BCUT2D eigenvalue weighted by Crippen LogP contribution is 2.34. The molecule has 0 spiro atoms. The van der Waals surface area contributed by atoms with E-state index in [-0.39, 0.29) is 11.8 Å². The van der Waals surface area contributed by atoms with Crippen LogP contribution in [-0.2, 0) is 4.79 Å². The van der Waals surface area contributed by atoms with E-state index >= 15 is 0 Å². The third-order valence-electron chi connectivity index (χ3n) is 3.98. The second-order valence-corrected chi connectivity index (χ2v) is 5.64. The standard InChI is InChI=1S/C17H21NO2/c1-3-11-17(2)12-7-8-13-18(16(17)20)15(19)14-9-5-4-6-10-14/h3-6,9-10H,1,7-8,11-13H2,2H3/t17-/m1/s1. The summed E-state index contributed by atoms with van der Waals surface area (Å²) in [5.41, 5.74) is 0.0755. The number of likely N-dealkylation sites (tertiary alicyclic amines) is 1. The molecular formula is C17H21NO2. The first-order valence-electron chi connectivity index (χ1n) is 7.11. The van der Waals surface area contributed by atoms with Crippen LogP contribution in [0.1, 0.15) is 43.0 Å². The lowest BCUT2D eigenvalue weighted by molar-refractivity contribution is -0.137. The summed E-state index contributed by atoms with van der Waals surface area (Å²) in [5, 5.41) is 0. The van der Waals surface area contributed by atoms with E-state index in [1.54, 1.807) is 18.2 Å². The summed E-state index contributed by atoms with van der Waals surface area (Å²) in [7, 11) is 0. The first-order valence-corrected chi connectivity index (χ1v) is 7.11. The third-order valence-corrected chi connectivity index (χ3v) is 3.98. The molecule has 2 amide bonds. The van der Waals surface area contributed by atoms with Gasteiger partial charge in [0.25, 0.3) is 5.91 Å². The van der Waals surface area contributed by atoms with E-state index in [2.05, 4.69) is 6.58 Å². The van der Waals surface area contributed by atoms with Crippen LogP contribution in [0.4, 0.5) is 0 Å². The van der Waals surface area contributed by atoms with Crippen LogP contribution >= 0.6 is 0 Å². The fraction of sp³-hybridized carbons (Fsp3) is 0.412. The van der Waals surface area contributed by atoms with Crippen molar-refractivity contribution in [3.63, 3.8) is 0 Å². The molecule has 0 radical (unpaired) electrons. The second kappa shape index (κ2) is 6.04. The number of rotatable bonds is 3. The van der Waals surface area contributed by atoms with Crippen molar-refractivity contribution in [2.45, 2.75) is 32.6 Å². The first-order chi connectivity index (χ1) is 9.58. The number of hydrogen-bond acceptors (Lipinski definition) is 2. The Morgan fingerprint density at radius 1 is 1.35 bits per heavy atom. The van der Waals surface area contributed by atoms with Gasteiger partial charge in [0.05, 0.1) is 5.41 Å². The molecular weight excluding hydrogens is 250 g/mol. The molecule has 1 aromatic carbocycles. The second-order valence-electron chi connectivity index (χ2n) is 5.64. The molecule has 1 aliphatic heterocycles. The number of benzene rings is 1. The highest BCUT2D eigenvalue weighted by molar-refractivity contribution is 6.06.